The van der Waals surface area contributed by atoms with Crippen LogP contribution in [0.5, 0.6) is 5.75 Å². The van der Waals surface area contributed by atoms with Crippen LogP contribution in [0.1, 0.15) is 70.5 Å². The third-order valence-corrected chi connectivity index (χ3v) is 14.2. The highest BCUT2D eigenvalue weighted by Crippen LogP contribution is 2.37. The van der Waals surface area contributed by atoms with E-state index in [1.165, 1.54) is 43.8 Å². The van der Waals surface area contributed by atoms with Gasteiger partial charge < -0.3 is 15.0 Å². The molecule has 4 aliphatic rings. The molecule has 18 nitrogen and oxygen atoms in total. The summed E-state index contributed by atoms with van der Waals surface area (Å²) < 4.78 is 53.8. The first kappa shape index (κ1) is 46.1. The van der Waals surface area contributed by atoms with Crippen LogP contribution >= 0.6 is 0 Å². The van der Waals surface area contributed by atoms with E-state index in [1.54, 1.807) is 24.3 Å². The lowest BCUT2D eigenvalue weighted by Crippen LogP contribution is -2.54. The van der Waals surface area contributed by atoms with Crippen molar-refractivity contribution in [2.75, 3.05) is 49.8 Å². The molecule has 0 spiro atoms. The van der Waals surface area contributed by atoms with Gasteiger partial charge in [0.1, 0.15) is 35.1 Å². The van der Waals surface area contributed by atoms with Crippen LogP contribution in [0.15, 0.2) is 77.6 Å². The van der Waals surface area contributed by atoms with Gasteiger partial charge in [0.05, 0.1) is 57.2 Å². The molecule has 0 bridgehead atoms. The Kier molecular flexibility index (Phi) is 13.1. The molecule has 3 unspecified atom stereocenters. The number of anilines is 3. The second kappa shape index (κ2) is 19.3. The van der Waals surface area contributed by atoms with Gasteiger partial charge in [0.15, 0.2) is 0 Å². The van der Waals surface area contributed by atoms with E-state index in [4.69, 9.17) is 4.74 Å². The smallest absolute Gasteiger partial charge is 0.264 e. The highest BCUT2D eigenvalue weighted by Gasteiger charge is 2.46. The number of nitrogens with one attached hydrogen (secondary N) is 2. The van der Waals surface area contributed by atoms with E-state index in [-0.39, 0.29) is 47.2 Å². The largest absolute Gasteiger partial charge is 0.496 e. The Morgan fingerprint density at radius 2 is 1.75 bits per heavy atom. The zero-order valence-electron chi connectivity index (χ0n) is 37.4. The molecule has 3 fully saturated rings. The van der Waals surface area contributed by atoms with Gasteiger partial charge in [0, 0.05) is 75.0 Å². The number of fused-ring (bicyclic) bond motifs is 1. The lowest BCUT2D eigenvalue weighted by atomic mass is 9.95. The van der Waals surface area contributed by atoms with Crippen molar-refractivity contribution in [2.45, 2.75) is 63.4 Å². The molecule has 5 aromatic rings. The van der Waals surface area contributed by atoms with Crippen molar-refractivity contribution >= 4 is 56.6 Å². The highest BCUT2D eigenvalue weighted by molar-refractivity contribution is 7.92. The topological polar surface area (TPSA) is 214 Å². The number of imide groups is 2. The van der Waals surface area contributed by atoms with Gasteiger partial charge >= 0.3 is 0 Å². The number of benzene rings is 2. The molecular formula is C47H49F2N11O7S. The number of methoxy groups -OCH3 is 1. The Morgan fingerprint density at radius 3 is 2.54 bits per heavy atom. The number of carbonyl (C=O) groups is 5. The zero-order chi connectivity index (χ0) is 47.7. The van der Waals surface area contributed by atoms with Gasteiger partial charge in [-0.25, -0.2) is 23.0 Å². The third kappa shape index (κ3) is 9.98. The van der Waals surface area contributed by atoms with Crippen LogP contribution in [-0.2, 0) is 43.0 Å². The summed E-state index contributed by atoms with van der Waals surface area (Å²) >= 11 is 0. The van der Waals surface area contributed by atoms with Gasteiger partial charge in [0.2, 0.25) is 11.8 Å². The predicted octanol–water partition coefficient (Wildman–Crippen LogP) is 5.12. The van der Waals surface area contributed by atoms with Crippen molar-refractivity contribution in [3.8, 4) is 16.9 Å². The molecule has 2 aromatic carbocycles. The van der Waals surface area contributed by atoms with E-state index in [0.29, 0.717) is 67.3 Å². The maximum Gasteiger partial charge on any atom is 0.264 e. The number of aromatic nitrogens is 5. The fourth-order valence-electron chi connectivity index (χ4n) is 9.48. The summed E-state index contributed by atoms with van der Waals surface area (Å²) in [4.78, 5) is 78.5. The minimum atomic E-state index is -3.00. The summed E-state index contributed by atoms with van der Waals surface area (Å²) in [6.07, 6.45) is 9.08. The number of rotatable bonds is 13. The lowest BCUT2D eigenvalue weighted by Gasteiger charge is -2.34. The first-order valence-electron chi connectivity index (χ1n) is 22.4. The lowest BCUT2D eigenvalue weighted by molar-refractivity contribution is -0.136. The summed E-state index contributed by atoms with van der Waals surface area (Å²) in [6.45, 7) is 3.62. The third-order valence-electron chi connectivity index (χ3n) is 12.8. The van der Waals surface area contributed by atoms with Crippen molar-refractivity contribution < 1.29 is 41.7 Å². The van der Waals surface area contributed by atoms with Crippen molar-refractivity contribution in [2.24, 2.45) is 16.2 Å². The van der Waals surface area contributed by atoms with E-state index in [9.17, 15) is 37.0 Å². The SMILES string of the molecule is COc1cc(F)ccc1-c1cc(Nc2cc(CS(C)(=O)=NC(=O)C3CCCN(Cc4cn(CC5CCN(c6cccc7c6C(=O)N(C6CCC(=O)NC6=O)C7=O)CC5)nn4)C3)ccn2)ncc1F. The van der Waals surface area contributed by atoms with E-state index in [2.05, 4.69) is 45.1 Å². The number of nitrogens with zero attached hydrogens (tertiary/aromatic N) is 9. The molecular weight excluding hydrogens is 901 g/mol. The van der Waals surface area contributed by atoms with Crippen LogP contribution < -0.4 is 20.3 Å². The molecule has 0 aliphatic carbocycles. The standard InChI is InChI=1S/C47H49F2N11O7S/c1-67-39-20-31(48)8-9-33(39)35-21-41(51-22-36(35)49)52-40-19-29(12-15-50-40)27-68(2,66)55-44(62)30-5-4-16-57(24-30)25-32-26-59(56-54-32)23-28-13-17-58(18-14-28)37-7-3-6-34-43(37)47(65)60(46(34)64)38-10-11-42(61)53-45(38)63/h3,6-9,12,15,19-22,26,28,30,38H,4-5,10-11,13-14,16-18,23-25,27H2,1-2H3,(H,50,51,52)(H,53,61,63). The van der Waals surface area contributed by atoms with Gasteiger partial charge in [-0.05, 0) is 92.6 Å². The van der Waals surface area contributed by atoms with Crippen molar-refractivity contribution in [3.05, 3.63) is 107 Å². The maximum absolute atomic E-state index is 14.9. The predicted molar refractivity (Wildman–Crippen MR) is 245 cm³/mol. The van der Waals surface area contributed by atoms with Crippen molar-refractivity contribution in [1.29, 1.82) is 0 Å². The molecule has 21 heteroatoms. The molecule has 4 aliphatic heterocycles. The number of amides is 5. The zero-order valence-corrected chi connectivity index (χ0v) is 38.2. The van der Waals surface area contributed by atoms with Crippen molar-refractivity contribution in [3.63, 3.8) is 0 Å². The molecule has 0 saturated carbocycles. The molecule has 5 amide bonds. The maximum atomic E-state index is 14.9. The fourth-order valence-corrected chi connectivity index (χ4v) is 10.9. The average molecular weight is 950 g/mol. The Balaban J connectivity index is 0.766. The average Bonchev–Trinajstić information content (AvgIpc) is 3.86. The van der Waals surface area contributed by atoms with Crippen molar-refractivity contribution in [1.82, 2.24) is 40.1 Å². The van der Waals surface area contributed by atoms with Crippen LogP contribution in [0, 0.1) is 23.5 Å². The molecule has 0 radical (unpaired) electrons. The number of hydrogen-bond acceptors (Lipinski definition) is 14. The first-order valence-corrected chi connectivity index (χ1v) is 24.5. The van der Waals surface area contributed by atoms with Gasteiger partial charge in [-0.2, -0.15) is 4.36 Å². The second-order valence-corrected chi connectivity index (χ2v) is 20.1. The van der Waals surface area contributed by atoms with E-state index in [1.807, 2.05) is 16.9 Å². The summed E-state index contributed by atoms with van der Waals surface area (Å²) in [5.41, 5.74) is 3.06. The number of carbonyl (C=O) groups excluding carboxylic acids is 5. The molecule has 68 heavy (non-hydrogen) atoms. The molecule has 354 valence electrons. The van der Waals surface area contributed by atoms with Crippen LogP contribution in [0.25, 0.3) is 11.1 Å². The number of piperidine rings is 3. The number of ether oxygens (including phenoxy) is 1. The number of likely N-dealkylation sites (tertiary alicyclic amines) is 1. The first-order chi connectivity index (χ1) is 32.7. The molecule has 9 rings (SSSR count). The van der Waals surface area contributed by atoms with Crippen LogP contribution in [-0.4, -0.2) is 114 Å². The number of pyridine rings is 2. The number of hydrogen-bond donors (Lipinski definition) is 2. The minimum Gasteiger partial charge on any atom is -0.496 e. The Hall–Kier alpha value is -7.00. The monoisotopic (exact) mass is 949 g/mol. The Bertz CT molecular complexity index is 2950. The molecule has 3 atom stereocenters. The van der Waals surface area contributed by atoms with Gasteiger partial charge in [-0.1, -0.05) is 11.3 Å². The van der Waals surface area contributed by atoms with Gasteiger partial charge in [0.25, 0.3) is 17.7 Å². The van der Waals surface area contributed by atoms with E-state index < -0.39 is 62.9 Å². The number of halogens is 2. The summed E-state index contributed by atoms with van der Waals surface area (Å²) in [5.74, 6) is -3.07. The van der Waals surface area contributed by atoms with Gasteiger partial charge in [-0.3, -0.25) is 43.8 Å². The second-order valence-electron chi connectivity index (χ2n) is 17.7. The summed E-state index contributed by atoms with van der Waals surface area (Å²) in [7, 11) is -1.63. The van der Waals surface area contributed by atoms with E-state index in [0.717, 1.165) is 42.6 Å². The summed E-state index contributed by atoms with van der Waals surface area (Å²) in [6, 6.07) is 12.8. The Morgan fingerprint density at radius 1 is 0.941 bits per heavy atom. The van der Waals surface area contributed by atoms with Crippen LogP contribution in [0.2, 0.25) is 0 Å². The fraction of sp³-hybridized carbons (Fsp3) is 0.383. The van der Waals surface area contributed by atoms with Gasteiger partial charge in [-0.15, -0.1) is 5.10 Å². The van der Waals surface area contributed by atoms with Crippen LogP contribution in [0.4, 0.5) is 26.1 Å². The normalized spacial score (nSPS) is 19.9. The minimum absolute atomic E-state index is 0.0104. The van der Waals surface area contributed by atoms with Crippen LogP contribution in [0.3, 0.4) is 0 Å². The molecule has 3 saturated heterocycles. The quantitative estimate of drug-likeness (QED) is 0.147. The molecule has 3 aromatic heterocycles. The summed E-state index contributed by atoms with van der Waals surface area (Å²) in [5, 5.41) is 14.1. The molecule has 2 N–H and O–H groups in total. The highest BCUT2D eigenvalue weighted by atomic mass is 32.2. The van der Waals surface area contributed by atoms with E-state index >= 15 is 0 Å². The molecule has 7 heterocycles. The Labute approximate surface area is 390 Å².